The van der Waals surface area contributed by atoms with Gasteiger partial charge in [-0.2, -0.15) is 0 Å². The van der Waals surface area contributed by atoms with Gasteiger partial charge in [-0.3, -0.25) is 4.57 Å². The zero-order chi connectivity index (χ0) is 21.0. The summed E-state index contributed by atoms with van der Waals surface area (Å²) in [7, 11) is 0. The van der Waals surface area contributed by atoms with Crippen LogP contribution in [0.2, 0.25) is 0 Å². The molecule has 0 saturated carbocycles. The maximum absolute atomic E-state index is 13.5. The largest absolute Gasteiger partial charge is 0.270 e. The van der Waals surface area contributed by atoms with E-state index in [0.717, 1.165) is 38.5 Å². The van der Waals surface area contributed by atoms with Crippen LogP contribution in [0.25, 0.3) is 27.6 Å². The lowest BCUT2D eigenvalue weighted by molar-refractivity contribution is 0.627. The third-order valence-corrected chi connectivity index (χ3v) is 6.57. The Morgan fingerprint density at radius 1 is 0.806 bits per heavy atom. The van der Waals surface area contributed by atoms with Crippen molar-refractivity contribution in [3.8, 4) is 27.6 Å². The van der Waals surface area contributed by atoms with Gasteiger partial charge >= 0.3 is 0 Å². The van der Waals surface area contributed by atoms with Crippen LogP contribution in [0.3, 0.4) is 0 Å². The highest BCUT2D eigenvalue weighted by Crippen LogP contribution is 2.31. The minimum absolute atomic E-state index is 0.275. The number of nitrogens with zero attached hydrogens (tertiary/aromatic N) is 4. The van der Waals surface area contributed by atoms with E-state index >= 15 is 0 Å². The highest BCUT2D eigenvalue weighted by Gasteiger charge is 2.17. The second-order valence-electron chi connectivity index (χ2n) is 6.78. The number of rotatable bonds is 6. The summed E-state index contributed by atoms with van der Waals surface area (Å²) in [5.74, 6) is 1.11. The number of benzene rings is 3. The first-order chi connectivity index (χ1) is 15.3. The summed E-state index contributed by atoms with van der Waals surface area (Å²) >= 11 is 3.20. The van der Waals surface area contributed by atoms with Crippen molar-refractivity contribution in [2.75, 3.05) is 0 Å². The fourth-order valence-corrected chi connectivity index (χ4v) is 4.96. The molecule has 0 aliphatic rings. The number of thioether (sulfide) groups is 1. The number of halogens is 1. The van der Waals surface area contributed by atoms with E-state index in [1.165, 1.54) is 12.1 Å². The van der Waals surface area contributed by atoms with Gasteiger partial charge in [0.2, 0.25) is 0 Å². The predicted octanol–water partition coefficient (Wildman–Crippen LogP) is 6.49. The molecule has 0 atom stereocenters. The third kappa shape index (κ3) is 4.28. The van der Waals surface area contributed by atoms with E-state index in [1.54, 1.807) is 35.2 Å². The standard InChI is InChI=1S/C24H17FN4S2/c25-19-11-13-21(14-12-19)29-22(17-7-3-1-4-8-17)27-28-24(29)31-16-20-15-30-23(26-20)18-9-5-2-6-10-18/h1-15H,16H2. The summed E-state index contributed by atoms with van der Waals surface area (Å²) in [6.45, 7) is 0. The lowest BCUT2D eigenvalue weighted by Crippen LogP contribution is -2.00. The number of hydrogen-bond acceptors (Lipinski definition) is 5. The van der Waals surface area contributed by atoms with E-state index < -0.39 is 0 Å². The minimum Gasteiger partial charge on any atom is -0.270 e. The van der Waals surface area contributed by atoms with Crippen molar-refractivity contribution in [3.05, 3.63) is 102 Å². The van der Waals surface area contributed by atoms with Gasteiger partial charge in [0.25, 0.3) is 0 Å². The molecule has 4 nitrogen and oxygen atoms in total. The highest BCUT2D eigenvalue weighted by molar-refractivity contribution is 7.98. The minimum atomic E-state index is -0.275. The maximum Gasteiger partial charge on any atom is 0.196 e. The van der Waals surface area contributed by atoms with Gasteiger partial charge in [0.15, 0.2) is 11.0 Å². The van der Waals surface area contributed by atoms with Crippen LogP contribution in [0, 0.1) is 5.82 Å². The topological polar surface area (TPSA) is 43.6 Å². The number of hydrogen-bond donors (Lipinski definition) is 0. The van der Waals surface area contributed by atoms with Gasteiger partial charge in [-0.25, -0.2) is 9.37 Å². The van der Waals surface area contributed by atoms with Crippen molar-refractivity contribution in [1.29, 1.82) is 0 Å². The molecule has 0 N–H and O–H groups in total. The van der Waals surface area contributed by atoms with Crippen molar-refractivity contribution >= 4 is 23.1 Å². The summed E-state index contributed by atoms with van der Waals surface area (Å²) in [6.07, 6.45) is 0. The Bertz CT molecular complexity index is 1280. The molecular weight excluding hydrogens is 427 g/mol. The lowest BCUT2D eigenvalue weighted by Gasteiger charge is -2.10. The molecule has 5 aromatic rings. The van der Waals surface area contributed by atoms with Crippen molar-refractivity contribution in [1.82, 2.24) is 19.7 Å². The fourth-order valence-electron chi connectivity index (χ4n) is 3.19. The first kappa shape index (κ1) is 19.7. The average Bonchev–Trinajstić information content (AvgIpc) is 3.47. The number of aromatic nitrogens is 4. The van der Waals surface area contributed by atoms with E-state index in [1.807, 2.05) is 53.1 Å². The second-order valence-corrected chi connectivity index (χ2v) is 8.58. The van der Waals surface area contributed by atoms with Crippen molar-refractivity contribution in [2.24, 2.45) is 0 Å². The SMILES string of the molecule is Fc1ccc(-n2c(SCc3csc(-c4ccccc4)n3)nnc2-c2ccccc2)cc1. The maximum atomic E-state index is 13.5. The Balaban J connectivity index is 1.45. The van der Waals surface area contributed by atoms with Crippen molar-refractivity contribution in [2.45, 2.75) is 10.9 Å². The normalized spacial score (nSPS) is 11.0. The first-order valence-corrected chi connectivity index (χ1v) is 11.5. The molecule has 0 saturated heterocycles. The summed E-state index contributed by atoms with van der Waals surface area (Å²) in [4.78, 5) is 4.77. The van der Waals surface area contributed by atoms with Gasteiger partial charge in [0, 0.05) is 27.9 Å². The average molecular weight is 445 g/mol. The van der Waals surface area contributed by atoms with Crippen molar-refractivity contribution in [3.63, 3.8) is 0 Å². The van der Waals surface area contributed by atoms with Crippen LogP contribution in [-0.2, 0) is 5.75 Å². The molecule has 2 aromatic heterocycles. The van der Waals surface area contributed by atoms with Crippen LogP contribution < -0.4 is 0 Å². The van der Waals surface area contributed by atoms with Crippen molar-refractivity contribution < 1.29 is 4.39 Å². The van der Waals surface area contributed by atoms with E-state index in [2.05, 4.69) is 27.7 Å². The van der Waals surface area contributed by atoms with Gasteiger partial charge in [0.05, 0.1) is 5.69 Å². The third-order valence-electron chi connectivity index (χ3n) is 4.67. The Labute approximate surface area is 187 Å². The molecular formula is C24H17FN4S2. The molecule has 5 rings (SSSR count). The van der Waals surface area contributed by atoms with Crippen LogP contribution in [0.15, 0.2) is 95.5 Å². The summed E-state index contributed by atoms with van der Waals surface area (Å²) in [5, 5.41) is 12.7. The van der Waals surface area contributed by atoms with Crippen LogP contribution >= 0.6 is 23.1 Å². The molecule has 3 aromatic carbocycles. The summed E-state index contributed by atoms with van der Waals surface area (Å²) in [5.41, 5.74) is 3.87. The predicted molar refractivity (Wildman–Crippen MR) is 124 cm³/mol. The van der Waals surface area contributed by atoms with Gasteiger partial charge in [-0.05, 0) is 24.3 Å². The second kappa shape index (κ2) is 8.83. The number of thiazole rings is 1. The van der Waals surface area contributed by atoms with E-state index in [0.29, 0.717) is 5.75 Å². The Morgan fingerprint density at radius 2 is 1.48 bits per heavy atom. The van der Waals surface area contributed by atoms with E-state index in [4.69, 9.17) is 4.98 Å². The molecule has 0 unspecified atom stereocenters. The zero-order valence-electron chi connectivity index (χ0n) is 16.4. The molecule has 0 radical (unpaired) electrons. The molecule has 0 bridgehead atoms. The monoisotopic (exact) mass is 444 g/mol. The fraction of sp³-hybridized carbons (Fsp3) is 0.0417. The molecule has 0 spiro atoms. The quantitative estimate of drug-likeness (QED) is 0.281. The molecule has 0 amide bonds. The Hall–Kier alpha value is -3.29. The molecule has 152 valence electrons. The Morgan fingerprint density at radius 3 is 2.19 bits per heavy atom. The van der Waals surface area contributed by atoms with Gasteiger partial charge < -0.3 is 0 Å². The molecule has 7 heteroatoms. The van der Waals surface area contributed by atoms with Gasteiger partial charge in [0.1, 0.15) is 10.8 Å². The van der Waals surface area contributed by atoms with Gasteiger partial charge in [-0.1, -0.05) is 72.4 Å². The summed E-state index contributed by atoms with van der Waals surface area (Å²) < 4.78 is 15.5. The van der Waals surface area contributed by atoms with E-state index in [9.17, 15) is 4.39 Å². The molecule has 0 aliphatic heterocycles. The first-order valence-electron chi connectivity index (χ1n) is 9.67. The molecule has 31 heavy (non-hydrogen) atoms. The summed E-state index contributed by atoms with van der Waals surface area (Å²) in [6, 6.07) is 26.4. The lowest BCUT2D eigenvalue weighted by atomic mass is 10.2. The molecule has 0 fully saturated rings. The zero-order valence-corrected chi connectivity index (χ0v) is 18.0. The molecule has 2 heterocycles. The molecule has 0 aliphatic carbocycles. The van der Waals surface area contributed by atoms with Crippen LogP contribution in [0.4, 0.5) is 4.39 Å². The smallest absolute Gasteiger partial charge is 0.196 e. The Kier molecular flexibility index (Phi) is 5.60. The highest BCUT2D eigenvalue weighted by atomic mass is 32.2. The van der Waals surface area contributed by atoms with Crippen LogP contribution in [0.1, 0.15) is 5.69 Å². The van der Waals surface area contributed by atoms with Crippen LogP contribution in [-0.4, -0.2) is 19.7 Å². The van der Waals surface area contributed by atoms with Gasteiger partial charge in [-0.15, -0.1) is 21.5 Å². The van der Waals surface area contributed by atoms with E-state index in [-0.39, 0.29) is 5.82 Å². The van der Waals surface area contributed by atoms with Crippen LogP contribution in [0.5, 0.6) is 0 Å².